The fraction of sp³-hybridized carbons (Fsp3) is 0.0870. The summed E-state index contributed by atoms with van der Waals surface area (Å²) in [6.07, 6.45) is 3.73. The Kier molecular flexibility index (Phi) is 4.94. The third-order valence-corrected chi connectivity index (χ3v) is 6.07. The predicted molar refractivity (Wildman–Crippen MR) is 119 cm³/mol. The predicted octanol–water partition coefficient (Wildman–Crippen LogP) is 4.90. The number of carbonyl (C=O) groups excluding carboxylic acids is 1. The molecule has 0 spiro atoms. The first kappa shape index (κ1) is 18.4. The van der Waals surface area contributed by atoms with E-state index in [1.165, 1.54) is 9.79 Å². The van der Waals surface area contributed by atoms with Crippen LogP contribution in [0.4, 0.5) is 17.1 Å². The highest BCUT2D eigenvalue weighted by molar-refractivity contribution is 7.99. The molecule has 30 heavy (non-hydrogen) atoms. The van der Waals surface area contributed by atoms with Crippen molar-refractivity contribution in [2.45, 2.75) is 16.2 Å². The van der Waals surface area contributed by atoms with Crippen LogP contribution >= 0.6 is 11.8 Å². The molecule has 0 saturated carbocycles. The van der Waals surface area contributed by atoms with E-state index in [1.54, 1.807) is 28.8 Å². The highest BCUT2D eigenvalue weighted by atomic mass is 32.2. The lowest BCUT2D eigenvalue weighted by Crippen LogP contribution is -2.26. The van der Waals surface area contributed by atoms with Crippen LogP contribution in [0.1, 0.15) is 6.42 Å². The van der Waals surface area contributed by atoms with E-state index >= 15 is 0 Å². The van der Waals surface area contributed by atoms with Gasteiger partial charge in [0.2, 0.25) is 5.91 Å². The summed E-state index contributed by atoms with van der Waals surface area (Å²) in [5, 5.41) is 10.9. The molecule has 1 aliphatic heterocycles. The number of benzene rings is 3. The summed E-state index contributed by atoms with van der Waals surface area (Å²) in [5.41, 5.74) is 3.77. The molecule has 1 N–H and O–H groups in total. The number of aromatic nitrogens is 3. The lowest BCUT2D eigenvalue weighted by molar-refractivity contribution is -0.116. The van der Waals surface area contributed by atoms with Crippen LogP contribution in [-0.2, 0) is 4.79 Å². The van der Waals surface area contributed by atoms with Gasteiger partial charge >= 0.3 is 0 Å². The minimum atomic E-state index is -0.0456. The van der Waals surface area contributed by atoms with Crippen molar-refractivity contribution in [1.29, 1.82) is 0 Å². The van der Waals surface area contributed by atoms with E-state index in [4.69, 9.17) is 0 Å². The normalized spacial score (nSPS) is 12.2. The zero-order valence-corrected chi connectivity index (χ0v) is 16.9. The van der Waals surface area contributed by atoms with E-state index in [2.05, 4.69) is 44.8 Å². The highest BCUT2D eigenvalue weighted by Gasteiger charge is 2.23. The lowest BCUT2D eigenvalue weighted by Gasteiger charge is -2.32. The lowest BCUT2D eigenvalue weighted by atomic mass is 10.2. The number of hydrogen-bond donors (Lipinski definition) is 1. The van der Waals surface area contributed by atoms with Crippen molar-refractivity contribution in [2.75, 3.05) is 16.8 Å². The molecule has 0 bridgehead atoms. The summed E-state index contributed by atoms with van der Waals surface area (Å²) in [6, 6.07) is 24.2. The Morgan fingerprint density at radius 1 is 0.867 bits per heavy atom. The maximum atomic E-state index is 12.8. The van der Waals surface area contributed by atoms with Gasteiger partial charge in [0.05, 0.1) is 35.1 Å². The molecular formula is C23H19N5OS. The molecular weight excluding hydrogens is 394 g/mol. The van der Waals surface area contributed by atoms with Gasteiger partial charge in [-0.05, 0) is 36.4 Å². The molecule has 1 aromatic heterocycles. The number of nitrogens with zero attached hydrogens (tertiary/aromatic N) is 4. The second kappa shape index (κ2) is 8.04. The summed E-state index contributed by atoms with van der Waals surface area (Å²) >= 11 is 1.77. The summed E-state index contributed by atoms with van der Waals surface area (Å²) in [6.45, 7) is 0.589. The first-order chi connectivity index (χ1) is 14.8. The molecule has 0 fully saturated rings. The van der Waals surface area contributed by atoms with Gasteiger partial charge < -0.3 is 10.2 Å². The molecule has 5 rings (SSSR count). The molecule has 4 aromatic rings. The van der Waals surface area contributed by atoms with Gasteiger partial charge in [-0.3, -0.25) is 4.79 Å². The molecule has 148 valence electrons. The number of fused-ring (bicyclic) bond motifs is 2. The number of anilines is 3. The number of rotatable bonds is 5. The van der Waals surface area contributed by atoms with Gasteiger partial charge in [0.25, 0.3) is 0 Å². The Labute approximate surface area is 178 Å². The Morgan fingerprint density at radius 2 is 1.50 bits per heavy atom. The zero-order chi connectivity index (χ0) is 20.3. The van der Waals surface area contributed by atoms with Gasteiger partial charge in [-0.2, -0.15) is 0 Å². The average Bonchev–Trinajstić information content (AvgIpc) is 3.32. The molecule has 0 radical (unpaired) electrons. The van der Waals surface area contributed by atoms with E-state index in [0.717, 1.165) is 17.1 Å². The smallest absolute Gasteiger partial charge is 0.226 e. The van der Waals surface area contributed by atoms with Crippen molar-refractivity contribution in [1.82, 2.24) is 15.0 Å². The summed E-state index contributed by atoms with van der Waals surface area (Å²) in [7, 11) is 0. The zero-order valence-electron chi connectivity index (χ0n) is 16.1. The Bertz CT molecular complexity index is 1150. The number of nitrogens with one attached hydrogen (secondary N) is 1. The third kappa shape index (κ3) is 3.55. The molecule has 2 heterocycles. The van der Waals surface area contributed by atoms with Gasteiger partial charge in [-0.1, -0.05) is 53.4 Å². The fourth-order valence-electron chi connectivity index (χ4n) is 3.56. The van der Waals surface area contributed by atoms with Gasteiger partial charge in [-0.15, -0.1) is 5.10 Å². The summed E-state index contributed by atoms with van der Waals surface area (Å²) in [4.78, 5) is 17.4. The second-order valence-corrected chi connectivity index (χ2v) is 7.94. The van der Waals surface area contributed by atoms with Crippen LogP contribution in [0.2, 0.25) is 0 Å². The molecule has 0 unspecified atom stereocenters. The number of carbonyl (C=O) groups is 1. The highest BCUT2D eigenvalue weighted by Crippen LogP contribution is 2.47. The largest absolute Gasteiger partial charge is 0.339 e. The molecule has 0 aliphatic carbocycles. The van der Waals surface area contributed by atoms with Crippen molar-refractivity contribution in [3.05, 3.63) is 85.2 Å². The van der Waals surface area contributed by atoms with Crippen LogP contribution in [-0.4, -0.2) is 27.4 Å². The number of para-hydroxylation sites is 4. The first-order valence-electron chi connectivity index (χ1n) is 9.68. The topological polar surface area (TPSA) is 63.1 Å². The Morgan fingerprint density at radius 3 is 2.17 bits per heavy atom. The van der Waals surface area contributed by atoms with Crippen LogP contribution in [0.3, 0.4) is 0 Å². The minimum Gasteiger partial charge on any atom is -0.339 e. The monoisotopic (exact) mass is 413 g/mol. The van der Waals surface area contributed by atoms with Crippen molar-refractivity contribution >= 4 is 34.7 Å². The molecule has 0 atom stereocenters. The van der Waals surface area contributed by atoms with Crippen LogP contribution in [0.5, 0.6) is 0 Å². The van der Waals surface area contributed by atoms with E-state index in [0.29, 0.717) is 18.7 Å². The fourth-order valence-corrected chi connectivity index (χ4v) is 4.66. The molecule has 0 saturated heterocycles. The van der Waals surface area contributed by atoms with E-state index in [9.17, 15) is 4.79 Å². The quantitative estimate of drug-likeness (QED) is 0.504. The average molecular weight is 414 g/mol. The van der Waals surface area contributed by atoms with Crippen LogP contribution in [0.25, 0.3) is 5.69 Å². The molecule has 3 aromatic carbocycles. The Balaban J connectivity index is 1.35. The second-order valence-electron chi connectivity index (χ2n) is 6.85. The summed E-state index contributed by atoms with van der Waals surface area (Å²) in [5.74, 6) is -0.0456. The maximum absolute atomic E-state index is 12.8. The summed E-state index contributed by atoms with van der Waals surface area (Å²) < 4.78 is 1.64. The standard InChI is InChI=1S/C23H19N5OS/c29-23(25-17-7-1-2-8-18(17)28-16-14-24-26-28)13-15-27-19-9-3-5-11-21(19)30-22-12-6-4-10-20(22)27/h1-12,14,16H,13,15H2,(H,25,29). The van der Waals surface area contributed by atoms with Gasteiger partial charge in [-0.25, -0.2) is 4.68 Å². The first-order valence-corrected chi connectivity index (χ1v) is 10.5. The van der Waals surface area contributed by atoms with Crippen LogP contribution < -0.4 is 10.2 Å². The van der Waals surface area contributed by atoms with Gasteiger partial charge in [0, 0.05) is 22.8 Å². The molecule has 6 nitrogen and oxygen atoms in total. The number of amides is 1. The Hall–Kier alpha value is -3.58. The van der Waals surface area contributed by atoms with Crippen molar-refractivity contribution in [3.63, 3.8) is 0 Å². The maximum Gasteiger partial charge on any atom is 0.226 e. The number of hydrogen-bond acceptors (Lipinski definition) is 5. The SMILES string of the molecule is O=C(CCN1c2ccccc2Sc2ccccc21)Nc1ccccc1-n1ccnn1. The van der Waals surface area contributed by atoms with Crippen molar-refractivity contribution < 1.29 is 4.79 Å². The van der Waals surface area contributed by atoms with Crippen molar-refractivity contribution in [3.8, 4) is 5.69 Å². The molecule has 1 aliphatic rings. The van der Waals surface area contributed by atoms with E-state index in [1.807, 2.05) is 48.5 Å². The van der Waals surface area contributed by atoms with Crippen molar-refractivity contribution in [2.24, 2.45) is 0 Å². The minimum absolute atomic E-state index is 0.0456. The van der Waals surface area contributed by atoms with E-state index < -0.39 is 0 Å². The van der Waals surface area contributed by atoms with Gasteiger partial charge in [0.15, 0.2) is 0 Å². The molecule has 1 amide bonds. The van der Waals surface area contributed by atoms with E-state index in [-0.39, 0.29) is 5.91 Å². The van der Waals surface area contributed by atoms with Crippen LogP contribution in [0, 0.1) is 0 Å². The van der Waals surface area contributed by atoms with Crippen LogP contribution in [0.15, 0.2) is 95.0 Å². The molecule has 7 heteroatoms. The third-order valence-electron chi connectivity index (χ3n) is 4.94. The van der Waals surface area contributed by atoms with Gasteiger partial charge in [0.1, 0.15) is 0 Å².